The monoisotopic (exact) mass is 346 g/mol. The average molecular weight is 346 g/mol. The molecule has 0 aliphatic carbocycles. The summed E-state index contributed by atoms with van der Waals surface area (Å²) in [7, 11) is 0. The van der Waals surface area contributed by atoms with Gasteiger partial charge < -0.3 is 4.74 Å². The first kappa shape index (κ1) is 15.5. The fraction of sp³-hybridized carbons (Fsp3) is 0.0500. The van der Waals surface area contributed by atoms with Gasteiger partial charge in [0, 0.05) is 6.20 Å². The quantitative estimate of drug-likeness (QED) is 0.505. The Kier molecular flexibility index (Phi) is 4.23. The number of hydrogen-bond donors (Lipinski definition) is 0. The van der Waals surface area contributed by atoms with E-state index >= 15 is 0 Å². The molecule has 4 rings (SSSR count). The van der Waals surface area contributed by atoms with Crippen LogP contribution in [0.4, 0.5) is 0 Å². The molecule has 0 unspecified atom stereocenters. The van der Waals surface area contributed by atoms with Crippen molar-refractivity contribution in [2.75, 3.05) is 0 Å². The average Bonchev–Trinajstić information content (AvgIpc) is 3.12. The summed E-state index contributed by atoms with van der Waals surface area (Å²) < 4.78 is 6.74. The van der Waals surface area contributed by atoms with Crippen molar-refractivity contribution in [2.45, 2.75) is 6.10 Å². The molecule has 122 valence electrons. The van der Waals surface area contributed by atoms with Crippen molar-refractivity contribution in [3.05, 3.63) is 95.3 Å². The van der Waals surface area contributed by atoms with Gasteiger partial charge in [-0.25, -0.2) is 9.78 Å². The second kappa shape index (κ2) is 6.83. The molecule has 0 amide bonds. The predicted octanol–water partition coefficient (Wildman–Crippen LogP) is 4.64. The molecule has 0 aliphatic heterocycles. The maximum Gasteiger partial charge on any atom is 0.368 e. The third kappa shape index (κ3) is 3.27. The topological polar surface area (TPSA) is 52.1 Å². The molecule has 0 spiro atoms. The highest BCUT2D eigenvalue weighted by Crippen LogP contribution is 2.29. The Morgan fingerprint density at radius 2 is 1.56 bits per heavy atom. The number of benzene rings is 2. The van der Waals surface area contributed by atoms with E-state index in [1.807, 2.05) is 66.7 Å². The smallest absolute Gasteiger partial charge is 0.368 e. The first-order valence-corrected chi connectivity index (χ1v) is 8.64. The molecule has 2 heterocycles. The minimum atomic E-state index is -0.472. The molecule has 2 aromatic heterocycles. The summed E-state index contributed by atoms with van der Waals surface area (Å²) in [4.78, 5) is 21.0. The van der Waals surface area contributed by atoms with E-state index in [1.165, 1.54) is 11.3 Å². The fourth-order valence-electron chi connectivity index (χ4n) is 2.61. The minimum absolute atomic E-state index is 0.333. The highest BCUT2D eigenvalue weighted by atomic mass is 32.1. The van der Waals surface area contributed by atoms with Crippen LogP contribution in [0.1, 0.15) is 27.0 Å². The van der Waals surface area contributed by atoms with Crippen molar-refractivity contribution in [3.63, 3.8) is 0 Å². The van der Waals surface area contributed by atoms with Gasteiger partial charge in [0.05, 0.1) is 10.9 Å². The SMILES string of the molecule is O=C(OC(c1ccccc1)c1ccccc1)c1nc2cnccc2s1. The van der Waals surface area contributed by atoms with Crippen LogP contribution in [0.15, 0.2) is 79.1 Å². The summed E-state index contributed by atoms with van der Waals surface area (Å²) in [5.41, 5.74) is 2.55. The number of thiazole rings is 1. The van der Waals surface area contributed by atoms with Gasteiger partial charge >= 0.3 is 5.97 Å². The second-order valence-corrected chi connectivity index (χ2v) is 6.50. The highest BCUT2D eigenvalue weighted by molar-refractivity contribution is 7.20. The number of fused-ring (bicyclic) bond motifs is 1. The summed E-state index contributed by atoms with van der Waals surface area (Å²) in [6, 6.07) is 21.3. The third-order valence-electron chi connectivity index (χ3n) is 3.79. The summed E-state index contributed by atoms with van der Waals surface area (Å²) in [6.07, 6.45) is 2.86. The zero-order valence-electron chi connectivity index (χ0n) is 13.2. The molecule has 0 bridgehead atoms. The number of carbonyl (C=O) groups excluding carboxylic acids is 1. The van der Waals surface area contributed by atoms with E-state index in [2.05, 4.69) is 9.97 Å². The molecule has 2 aromatic carbocycles. The zero-order chi connectivity index (χ0) is 17.1. The summed E-state index contributed by atoms with van der Waals surface area (Å²) in [6.45, 7) is 0. The Morgan fingerprint density at radius 1 is 0.920 bits per heavy atom. The Bertz CT molecular complexity index is 927. The zero-order valence-corrected chi connectivity index (χ0v) is 14.0. The molecule has 0 fully saturated rings. The first-order valence-electron chi connectivity index (χ1n) is 7.83. The number of nitrogens with zero attached hydrogens (tertiary/aromatic N) is 2. The lowest BCUT2D eigenvalue weighted by molar-refractivity contribution is 0.0378. The maximum atomic E-state index is 12.7. The van der Waals surface area contributed by atoms with E-state index < -0.39 is 12.1 Å². The lowest BCUT2D eigenvalue weighted by atomic mass is 10.0. The van der Waals surface area contributed by atoms with Crippen LogP contribution in [0.25, 0.3) is 10.2 Å². The van der Waals surface area contributed by atoms with E-state index in [-0.39, 0.29) is 0 Å². The second-order valence-electron chi connectivity index (χ2n) is 5.47. The van der Waals surface area contributed by atoms with Crippen LogP contribution in [0.5, 0.6) is 0 Å². The van der Waals surface area contributed by atoms with Gasteiger partial charge in [0.1, 0.15) is 5.52 Å². The van der Waals surface area contributed by atoms with Gasteiger partial charge in [0.25, 0.3) is 0 Å². The molecule has 0 aliphatic rings. The lowest BCUT2D eigenvalue weighted by Gasteiger charge is -2.18. The van der Waals surface area contributed by atoms with Crippen molar-refractivity contribution in [1.82, 2.24) is 9.97 Å². The Hall–Kier alpha value is -3.05. The molecule has 4 nitrogen and oxygen atoms in total. The predicted molar refractivity (Wildman–Crippen MR) is 97.6 cm³/mol. The number of pyridine rings is 1. The van der Waals surface area contributed by atoms with E-state index in [9.17, 15) is 4.79 Å². The van der Waals surface area contributed by atoms with Gasteiger partial charge in [-0.15, -0.1) is 11.3 Å². The molecular weight excluding hydrogens is 332 g/mol. The maximum absolute atomic E-state index is 12.7. The minimum Gasteiger partial charge on any atom is -0.447 e. The van der Waals surface area contributed by atoms with Gasteiger partial charge in [-0.3, -0.25) is 4.98 Å². The molecule has 0 saturated carbocycles. The molecular formula is C20H14N2O2S. The highest BCUT2D eigenvalue weighted by Gasteiger charge is 2.22. The van der Waals surface area contributed by atoms with Crippen molar-refractivity contribution < 1.29 is 9.53 Å². The van der Waals surface area contributed by atoms with Crippen LogP contribution in [0, 0.1) is 0 Å². The Labute approximate surface area is 148 Å². The van der Waals surface area contributed by atoms with Crippen LogP contribution < -0.4 is 0 Å². The summed E-state index contributed by atoms with van der Waals surface area (Å²) in [5.74, 6) is -0.432. The van der Waals surface area contributed by atoms with Gasteiger partial charge in [-0.05, 0) is 17.2 Å². The van der Waals surface area contributed by atoms with E-state index in [0.29, 0.717) is 10.5 Å². The number of hydrogen-bond acceptors (Lipinski definition) is 5. The van der Waals surface area contributed by atoms with Crippen LogP contribution in [-0.2, 0) is 4.74 Å². The molecule has 0 radical (unpaired) electrons. The van der Waals surface area contributed by atoms with Crippen LogP contribution in [-0.4, -0.2) is 15.9 Å². The van der Waals surface area contributed by atoms with Crippen molar-refractivity contribution >= 4 is 27.5 Å². The Balaban J connectivity index is 1.67. The molecule has 0 atom stereocenters. The van der Waals surface area contributed by atoms with Gasteiger partial charge in [-0.2, -0.15) is 0 Å². The number of rotatable bonds is 4. The van der Waals surface area contributed by atoms with E-state index in [1.54, 1.807) is 12.4 Å². The summed E-state index contributed by atoms with van der Waals surface area (Å²) in [5, 5.41) is 0.333. The van der Waals surface area contributed by atoms with Crippen LogP contribution >= 0.6 is 11.3 Å². The van der Waals surface area contributed by atoms with Crippen LogP contribution in [0.2, 0.25) is 0 Å². The molecule has 0 N–H and O–H groups in total. The lowest BCUT2D eigenvalue weighted by Crippen LogP contribution is -2.12. The van der Waals surface area contributed by atoms with Crippen molar-refractivity contribution in [1.29, 1.82) is 0 Å². The normalized spacial score (nSPS) is 10.9. The van der Waals surface area contributed by atoms with Gasteiger partial charge in [-0.1, -0.05) is 60.7 Å². The van der Waals surface area contributed by atoms with Crippen LogP contribution in [0.3, 0.4) is 0 Å². The fourth-order valence-corrected chi connectivity index (χ4v) is 3.42. The van der Waals surface area contributed by atoms with Gasteiger partial charge in [0.15, 0.2) is 6.10 Å². The number of aromatic nitrogens is 2. The molecule has 4 aromatic rings. The number of esters is 1. The van der Waals surface area contributed by atoms with E-state index in [0.717, 1.165) is 15.8 Å². The molecule has 25 heavy (non-hydrogen) atoms. The third-order valence-corrected chi connectivity index (χ3v) is 4.81. The van der Waals surface area contributed by atoms with E-state index in [4.69, 9.17) is 4.74 Å². The number of ether oxygens (including phenoxy) is 1. The Morgan fingerprint density at radius 3 is 2.16 bits per heavy atom. The van der Waals surface area contributed by atoms with Crippen molar-refractivity contribution in [2.24, 2.45) is 0 Å². The van der Waals surface area contributed by atoms with Gasteiger partial charge in [0.2, 0.25) is 5.01 Å². The summed E-state index contributed by atoms with van der Waals surface area (Å²) >= 11 is 1.31. The molecule has 5 heteroatoms. The largest absolute Gasteiger partial charge is 0.447 e. The first-order chi connectivity index (χ1) is 12.3. The number of carbonyl (C=O) groups is 1. The standard InChI is InChI=1S/C20H14N2O2S/c23-20(19-22-16-13-21-12-11-17(16)25-19)24-18(14-7-3-1-4-8-14)15-9-5-2-6-10-15/h1-13,18H. The molecule has 0 saturated heterocycles. The van der Waals surface area contributed by atoms with Crippen molar-refractivity contribution in [3.8, 4) is 0 Å².